The van der Waals surface area contributed by atoms with Crippen LogP contribution in [-0.4, -0.2) is 52.9 Å². The van der Waals surface area contributed by atoms with E-state index in [-0.39, 0.29) is 24.3 Å². The molecule has 9 heteroatoms. The fourth-order valence-corrected chi connectivity index (χ4v) is 6.97. The Morgan fingerprint density at radius 1 is 1.17 bits per heavy atom. The minimum Gasteiger partial charge on any atom is -0.484 e. The van der Waals surface area contributed by atoms with Gasteiger partial charge in [0, 0.05) is 24.7 Å². The number of nitrogens with one attached hydrogen (secondary N) is 1. The summed E-state index contributed by atoms with van der Waals surface area (Å²) < 4.78 is 6.23. The molecule has 4 rings (SSSR count). The normalized spacial score (nSPS) is 20.0. The van der Waals surface area contributed by atoms with Gasteiger partial charge in [0.1, 0.15) is 5.75 Å². The molecule has 2 aliphatic rings. The largest absolute Gasteiger partial charge is 0.484 e. The maximum absolute atomic E-state index is 12.6. The Balaban J connectivity index is 1.25. The average Bonchev–Trinajstić information content (AvgIpc) is 3.31. The quantitative estimate of drug-likeness (QED) is 0.690. The molecule has 0 aliphatic carbocycles. The van der Waals surface area contributed by atoms with E-state index in [1.165, 1.54) is 34.8 Å². The highest BCUT2D eigenvalue weighted by Crippen LogP contribution is 2.43. The predicted octanol–water partition coefficient (Wildman–Crippen LogP) is 4.27. The highest BCUT2D eigenvalue weighted by molar-refractivity contribution is 8.16. The summed E-state index contributed by atoms with van der Waals surface area (Å²) in [6, 6.07) is 8.07. The molecule has 0 radical (unpaired) electrons. The number of likely N-dealkylation sites (tertiary alicyclic amines) is 1. The highest BCUT2D eigenvalue weighted by Gasteiger charge is 2.29. The third-order valence-electron chi connectivity index (χ3n) is 5.15. The Hall–Kier alpha value is -1.71. The summed E-state index contributed by atoms with van der Waals surface area (Å²) >= 11 is 5.37. The van der Waals surface area contributed by atoms with Crippen LogP contribution in [-0.2, 0) is 9.59 Å². The van der Waals surface area contributed by atoms with Crippen molar-refractivity contribution in [3.63, 3.8) is 0 Å². The van der Waals surface area contributed by atoms with Crippen LogP contribution in [0.15, 0.2) is 35.8 Å². The van der Waals surface area contributed by atoms with E-state index in [4.69, 9.17) is 4.74 Å². The van der Waals surface area contributed by atoms with Crippen molar-refractivity contribution in [2.45, 2.75) is 23.8 Å². The molecule has 2 aromatic rings. The number of piperidine rings is 1. The predicted molar refractivity (Wildman–Crippen MR) is 124 cm³/mol. The maximum Gasteiger partial charge on any atom is 0.260 e. The lowest BCUT2D eigenvalue weighted by atomic mass is 9.97. The molecule has 160 valence electrons. The standard InChI is InChI=1S/C21H25N3O3S3/c25-18(14-27-17-6-4-15(5-7-17)20-28-10-2-11-29-20)24-9-1-3-16(13-24)19(26)23-21-22-8-12-30-21/h4-8,12,16,20H,1-3,9-11,13-14H2,(H,22,23,26). The van der Waals surface area contributed by atoms with Crippen molar-refractivity contribution >= 4 is 51.8 Å². The van der Waals surface area contributed by atoms with E-state index in [2.05, 4.69) is 22.4 Å². The summed E-state index contributed by atoms with van der Waals surface area (Å²) in [6.45, 7) is 1.08. The third kappa shape index (κ3) is 5.70. The van der Waals surface area contributed by atoms with E-state index < -0.39 is 0 Å². The topological polar surface area (TPSA) is 71.5 Å². The Labute approximate surface area is 189 Å². The molecule has 1 atom stereocenters. The first kappa shape index (κ1) is 21.5. The van der Waals surface area contributed by atoms with Crippen molar-refractivity contribution in [3.05, 3.63) is 41.4 Å². The monoisotopic (exact) mass is 463 g/mol. The first-order chi connectivity index (χ1) is 14.7. The van der Waals surface area contributed by atoms with Gasteiger partial charge in [-0.15, -0.1) is 34.9 Å². The summed E-state index contributed by atoms with van der Waals surface area (Å²) in [4.78, 5) is 30.9. The third-order valence-corrected chi connectivity index (χ3v) is 8.85. The Morgan fingerprint density at radius 2 is 1.97 bits per heavy atom. The van der Waals surface area contributed by atoms with E-state index in [1.54, 1.807) is 11.1 Å². The van der Waals surface area contributed by atoms with Crippen LogP contribution in [0.1, 0.15) is 29.4 Å². The summed E-state index contributed by atoms with van der Waals surface area (Å²) in [5.74, 6) is 2.76. The fraction of sp³-hybridized carbons (Fsp3) is 0.476. The number of amides is 2. The average molecular weight is 464 g/mol. The van der Waals surface area contributed by atoms with Crippen molar-refractivity contribution in [2.75, 3.05) is 36.5 Å². The van der Waals surface area contributed by atoms with Crippen LogP contribution in [0.25, 0.3) is 0 Å². The van der Waals surface area contributed by atoms with Crippen LogP contribution >= 0.6 is 34.9 Å². The molecule has 1 N–H and O–H groups in total. The number of carbonyl (C=O) groups is 2. The number of rotatable bonds is 6. The number of aromatic nitrogens is 1. The number of anilines is 1. The summed E-state index contributed by atoms with van der Waals surface area (Å²) in [7, 11) is 0. The summed E-state index contributed by atoms with van der Waals surface area (Å²) in [5, 5.41) is 5.26. The molecule has 1 unspecified atom stereocenters. The van der Waals surface area contributed by atoms with Crippen molar-refractivity contribution in [1.82, 2.24) is 9.88 Å². The molecule has 0 spiro atoms. The molecule has 2 fully saturated rings. The van der Waals surface area contributed by atoms with Crippen LogP contribution in [0, 0.1) is 5.92 Å². The van der Waals surface area contributed by atoms with E-state index in [1.807, 2.05) is 41.0 Å². The van der Waals surface area contributed by atoms with Crippen LogP contribution in [0.3, 0.4) is 0 Å². The van der Waals surface area contributed by atoms with Crippen molar-refractivity contribution in [2.24, 2.45) is 5.92 Å². The van der Waals surface area contributed by atoms with Gasteiger partial charge in [-0.2, -0.15) is 0 Å². The molecular formula is C21H25N3O3S3. The van der Waals surface area contributed by atoms with Gasteiger partial charge >= 0.3 is 0 Å². The lowest BCUT2D eigenvalue weighted by molar-refractivity contribution is -0.136. The first-order valence-electron chi connectivity index (χ1n) is 10.1. The minimum atomic E-state index is -0.212. The highest BCUT2D eigenvalue weighted by atomic mass is 32.2. The lowest BCUT2D eigenvalue weighted by Crippen LogP contribution is -2.45. The fourth-order valence-electron chi connectivity index (χ4n) is 3.55. The number of thioether (sulfide) groups is 2. The Bertz CT molecular complexity index is 839. The van der Waals surface area contributed by atoms with Gasteiger partial charge in [-0.05, 0) is 48.5 Å². The second-order valence-corrected chi connectivity index (χ2v) is 10.9. The van der Waals surface area contributed by atoms with Gasteiger partial charge in [-0.3, -0.25) is 9.59 Å². The molecular weight excluding hydrogens is 438 g/mol. The molecule has 2 amide bonds. The van der Waals surface area contributed by atoms with Gasteiger partial charge in [0.15, 0.2) is 11.7 Å². The minimum absolute atomic E-state index is 0.00685. The van der Waals surface area contributed by atoms with Gasteiger partial charge < -0.3 is 15.0 Å². The van der Waals surface area contributed by atoms with Crippen LogP contribution in [0.5, 0.6) is 5.75 Å². The zero-order valence-corrected chi connectivity index (χ0v) is 19.1. The molecule has 1 aromatic heterocycles. The molecule has 30 heavy (non-hydrogen) atoms. The zero-order valence-electron chi connectivity index (χ0n) is 16.6. The molecule has 2 aliphatic heterocycles. The van der Waals surface area contributed by atoms with Gasteiger partial charge in [0.05, 0.1) is 10.5 Å². The second-order valence-electron chi connectivity index (χ2n) is 7.29. The van der Waals surface area contributed by atoms with Crippen LogP contribution < -0.4 is 10.1 Å². The number of ether oxygens (including phenoxy) is 1. The van der Waals surface area contributed by atoms with Crippen molar-refractivity contribution in [1.29, 1.82) is 0 Å². The van der Waals surface area contributed by atoms with Gasteiger partial charge in [0.25, 0.3) is 5.91 Å². The molecule has 0 bridgehead atoms. The van der Waals surface area contributed by atoms with Crippen molar-refractivity contribution in [3.8, 4) is 5.75 Å². The van der Waals surface area contributed by atoms with E-state index >= 15 is 0 Å². The maximum atomic E-state index is 12.6. The number of hydrogen-bond acceptors (Lipinski definition) is 7. The van der Waals surface area contributed by atoms with Crippen molar-refractivity contribution < 1.29 is 14.3 Å². The number of thiazole rings is 1. The summed E-state index contributed by atoms with van der Waals surface area (Å²) in [6.07, 6.45) is 4.53. The molecule has 2 saturated heterocycles. The molecule has 1 aromatic carbocycles. The van der Waals surface area contributed by atoms with E-state index in [0.29, 0.717) is 28.6 Å². The van der Waals surface area contributed by atoms with Gasteiger partial charge in [-0.1, -0.05) is 12.1 Å². The Morgan fingerprint density at radius 3 is 2.70 bits per heavy atom. The smallest absolute Gasteiger partial charge is 0.260 e. The number of nitrogens with zero attached hydrogens (tertiary/aromatic N) is 2. The second kappa shape index (κ2) is 10.5. The van der Waals surface area contributed by atoms with Gasteiger partial charge in [0.2, 0.25) is 5.91 Å². The van der Waals surface area contributed by atoms with Gasteiger partial charge in [-0.25, -0.2) is 4.98 Å². The molecule has 0 saturated carbocycles. The van der Waals surface area contributed by atoms with Crippen LogP contribution in [0.4, 0.5) is 5.13 Å². The zero-order chi connectivity index (χ0) is 20.8. The number of carbonyl (C=O) groups excluding carboxylic acids is 2. The van der Waals surface area contributed by atoms with E-state index in [0.717, 1.165) is 12.8 Å². The molecule has 3 heterocycles. The SMILES string of the molecule is O=C(Nc1nccs1)C1CCCN(C(=O)COc2ccc(C3SCCCS3)cc2)C1. The number of benzene rings is 1. The summed E-state index contributed by atoms with van der Waals surface area (Å²) in [5.41, 5.74) is 1.30. The molecule has 6 nitrogen and oxygen atoms in total. The first-order valence-corrected chi connectivity index (χ1v) is 13.1. The van der Waals surface area contributed by atoms with E-state index in [9.17, 15) is 9.59 Å². The lowest BCUT2D eigenvalue weighted by Gasteiger charge is -2.31. The van der Waals surface area contributed by atoms with Crippen LogP contribution in [0.2, 0.25) is 0 Å². The number of hydrogen-bond donors (Lipinski definition) is 1. The Kier molecular flexibility index (Phi) is 7.57.